The molecule has 1 aliphatic heterocycles. The molecule has 0 spiro atoms. The van der Waals surface area contributed by atoms with Crippen LogP contribution in [0.1, 0.15) is 77.1 Å². The molecular weight excluding hydrogens is 536 g/mol. The van der Waals surface area contributed by atoms with Gasteiger partial charge in [-0.15, -0.1) is 0 Å². The second-order valence-electron chi connectivity index (χ2n) is 11.0. The number of carbonyl (C=O) groups excluding carboxylic acids is 1. The van der Waals surface area contributed by atoms with Crippen molar-refractivity contribution in [1.29, 1.82) is 0 Å². The summed E-state index contributed by atoms with van der Waals surface area (Å²) in [5, 5.41) is 49.0. The number of carboxylic acid groups (broad SMARTS) is 1. The molecule has 0 aromatic carbocycles. The van der Waals surface area contributed by atoms with Gasteiger partial charge in [-0.05, 0) is 37.5 Å². The topological polar surface area (TPSA) is 176 Å². The maximum absolute atomic E-state index is 11.7. The fourth-order valence-electron chi connectivity index (χ4n) is 5.08. The second kappa shape index (κ2) is 16.1. The Hall–Kier alpha value is -2.70. The van der Waals surface area contributed by atoms with Gasteiger partial charge in [0, 0.05) is 19.4 Å². The number of aromatic carboxylic acids is 1. The van der Waals surface area contributed by atoms with Crippen LogP contribution >= 0.6 is 0 Å². The van der Waals surface area contributed by atoms with Crippen molar-refractivity contribution in [2.45, 2.75) is 104 Å². The maximum atomic E-state index is 11.7. The zero-order valence-corrected chi connectivity index (χ0v) is 24.7. The second-order valence-corrected chi connectivity index (χ2v) is 11.0. The quantitative estimate of drug-likeness (QED) is 0.152. The van der Waals surface area contributed by atoms with Crippen LogP contribution in [0.3, 0.4) is 0 Å². The van der Waals surface area contributed by atoms with E-state index in [1.54, 1.807) is 0 Å². The smallest absolute Gasteiger partial charge is 0.375 e. The van der Waals surface area contributed by atoms with Crippen molar-refractivity contribution in [1.82, 2.24) is 0 Å². The lowest BCUT2D eigenvalue weighted by molar-refractivity contribution is -0.277. The molecule has 1 aromatic heterocycles. The lowest BCUT2D eigenvalue weighted by Gasteiger charge is -2.39. The Balaban J connectivity index is 1.98. The van der Waals surface area contributed by atoms with E-state index in [0.717, 1.165) is 18.4 Å². The van der Waals surface area contributed by atoms with Crippen LogP contribution in [-0.4, -0.2) is 80.9 Å². The molecule has 0 radical (unpaired) electrons. The summed E-state index contributed by atoms with van der Waals surface area (Å²) in [7, 11) is 0. The van der Waals surface area contributed by atoms with E-state index in [2.05, 4.69) is 33.8 Å². The standard InChI is InChI=1S/C30H46O11/c1-7-18(4)27(38-20(6)32)19(5)13-17(3)12-16(2)10-8-9-11-21-14-22(28(39-21)29(36)37)40-30-26(35)25(34)24(33)23(15-31)41-30/h8,10,12,14,17-19,23-27,30-31,33-35H,7,9,11,13,15H2,1-6H3,(H,36,37)/b10-8+,16-12+/t17-,18-,19+,23-,24-,25+,26-,27+,30-/m1/s1. The van der Waals surface area contributed by atoms with E-state index < -0.39 is 49.0 Å². The minimum Gasteiger partial charge on any atom is -0.475 e. The SMILES string of the molecule is CC[C@@H](C)[C@H](OC(C)=O)[C@@H](C)C[C@H](C)/C=C(C)/C=C/CCc1cc(O[C@@H]2O[C@H](CO)[C@@H](O)[C@H](O)[C@H]2O)c(C(=O)O)o1. The van der Waals surface area contributed by atoms with Crippen LogP contribution < -0.4 is 4.74 Å². The largest absolute Gasteiger partial charge is 0.475 e. The lowest BCUT2D eigenvalue weighted by Crippen LogP contribution is -2.60. The fourth-order valence-corrected chi connectivity index (χ4v) is 5.08. The molecule has 11 heteroatoms. The minimum atomic E-state index is -1.68. The van der Waals surface area contributed by atoms with Crippen LogP contribution in [-0.2, 0) is 20.7 Å². The Kier molecular flexibility index (Phi) is 13.5. The van der Waals surface area contributed by atoms with Crippen molar-refractivity contribution in [3.8, 4) is 5.75 Å². The van der Waals surface area contributed by atoms with Gasteiger partial charge in [0.15, 0.2) is 5.75 Å². The molecule has 232 valence electrons. The lowest BCUT2D eigenvalue weighted by atomic mass is 9.85. The summed E-state index contributed by atoms with van der Waals surface area (Å²) in [5.41, 5.74) is 1.06. The normalized spacial score (nSPS) is 26.4. The number of hydrogen-bond donors (Lipinski definition) is 5. The van der Waals surface area contributed by atoms with Gasteiger partial charge in [-0.2, -0.15) is 0 Å². The molecule has 2 rings (SSSR count). The zero-order valence-electron chi connectivity index (χ0n) is 24.7. The number of allylic oxidation sites excluding steroid dienone is 4. The summed E-state index contributed by atoms with van der Waals surface area (Å²) in [4.78, 5) is 23.3. The monoisotopic (exact) mass is 582 g/mol. The highest BCUT2D eigenvalue weighted by Crippen LogP contribution is 2.30. The number of aliphatic hydroxyl groups excluding tert-OH is 4. The summed E-state index contributed by atoms with van der Waals surface area (Å²) in [6, 6.07) is 1.38. The van der Waals surface area contributed by atoms with Gasteiger partial charge in [0.2, 0.25) is 6.29 Å². The molecule has 0 amide bonds. The minimum absolute atomic E-state index is 0.122. The van der Waals surface area contributed by atoms with E-state index in [-0.39, 0.29) is 35.6 Å². The first kappa shape index (κ1) is 34.5. The summed E-state index contributed by atoms with van der Waals surface area (Å²) in [6.45, 7) is 11.2. The average molecular weight is 583 g/mol. The van der Waals surface area contributed by atoms with Gasteiger partial charge in [-0.3, -0.25) is 4.79 Å². The molecule has 0 unspecified atom stereocenters. The Bertz CT molecular complexity index is 1040. The van der Waals surface area contributed by atoms with Crippen molar-refractivity contribution in [3.63, 3.8) is 0 Å². The summed E-state index contributed by atoms with van der Waals surface area (Å²) >= 11 is 0. The van der Waals surface area contributed by atoms with Crippen LogP contribution in [0, 0.1) is 17.8 Å². The van der Waals surface area contributed by atoms with Gasteiger partial charge in [-0.1, -0.05) is 57.9 Å². The highest BCUT2D eigenvalue weighted by Gasteiger charge is 2.45. The first-order valence-corrected chi connectivity index (χ1v) is 14.1. The molecular formula is C30H46O11. The number of carboxylic acids is 1. The Morgan fingerprint density at radius 1 is 1.07 bits per heavy atom. The van der Waals surface area contributed by atoms with E-state index in [1.807, 2.05) is 19.1 Å². The molecule has 1 aromatic rings. The molecule has 1 saturated heterocycles. The molecule has 1 fully saturated rings. The van der Waals surface area contributed by atoms with Crippen LogP contribution in [0.25, 0.3) is 0 Å². The summed E-state index contributed by atoms with van der Waals surface area (Å²) in [5.74, 6) is -1.27. The highest BCUT2D eigenvalue weighted by atomic mass is 16.7. The van der Waals surface area contributed by atoms with Crippen molar-refractivity contribution < 1.29 is 53.7 Å². The van der Waals surface area contributed by atoms with Crippen LogP contribution in [0.15, 0.2) is 34.3 Å². The first-order chi connectivity index (χ1) is 19.3. The average Bonchev–Trinajstić information content (AvgIpc) is 3.32. The van der Waals surface area contributed by atoms with E-state index >= 15 is 0 Å². The van der Waals surface area contributed by atoms with E-state index in [0.29, 0.717) is 18.6 Å². The number of ether oxygens (including phenoxy) is 3. The number of aliphatic hydroxyl groups is 4. The predicted molar refractivity (Wildman–Crippen MR) is 149 cm³/mol. The van der Waals surface area contributed by atoms with Crippen LogP contribution in [0.5, 0.6) is 5.75 Å². The Morgan fingerprint density at radius 2 is 1.76 bits per heavy atom. The molecule has 9 atom stereocenters. The van der Waals surface area contributed by atoms with Gasteiger partial charge >= 0.3 is 11.9 Å². The maximum Gasteiger partial charge on any atom is 0.375 e. The third-order valence-corrected chi connectivity index (χ3v) is 7.33. The van der Waals surface area contributed by atoms with Crippen LogP contribution in [0.4, 0.5) is 0 Å². The van der Waals surface area contributed by atoms with Crippen molar-refractivity contribution in [2.75, 3.05) is 6.61 Å². The zero-order chi connectivity index (χ0) is 30.9. The number of hydrogen-bond acceptors (Lipinski definition) is 10. The fraction of sp³-hybridized carbons (Fsp3) is 0.667. The summed E-state index contributed by atoms with van der Waals surface area (Å²) < 4.78 is 21.8. The van der Waals surface area contributed by atoms with Crippen molar-refractivity contribution >= 4 is 11.9 Å². The molecule has 0 bridgehead atoms. The molecule has 2 heterocycles. The van der Waals surface area contributed by atoms with Crippen LogP contribution in [0.2, 0.25) is 0 Å². The number of esters is 1. The Morgan fingerprint density at radius 3 is 2.34 bits per heavy atom. The number of carbonyl (C=O) groups is 2. The molecule has 41 heavy (non-hydrogen) atoms. The number of aryl methyl sites for hydroxylation is 1. The predicted octanol–water partition coefficient (Wildman–Crippen LogP) is 3.23. The Labute approximate surface area is 241 Å². The molecule has 11 nitrogen and oxygen atoms in total. The van der Waals surface area contributed by atoms with Gasteiger partial charge in [0.25, 0.3) is 5.76 Å². The first-order valence-electron chi connectivity index (χ1n) is 14.1. The van der Waals surface area contributed by atoms with Gasteiger partial charge in [-0.25, -0.2) is 4.79 Å². The van der Waals surface area contributed by atoms with E-state index in [1.165, 1.54) is 13.0 Å². The molecule has 0 saturated carbocycles. The molecule has 0 aliphatic carbocycles. The third kappa shape index (κ3) is 9.96. The van der Waals surface area contributed by atoms with E-state index in [9.17, 15) is 35.1 Å². The number of rotatable bonds is 15. The van der Waals surface area contributed by atoms with Gasteiger partial charge in [0.1, 0.15) is 36.3 Å². The van der Waals surface area contributed by atoms with Crippen molar-refractivity contribution in [3.05, 3.63) is 41.4 Å². The van der Waals surface area contributed by atoms with Gasteiger partial charge < -0.3 is 44.2 Å². The van der Waals surface area contributed by atoms with Gasteiger partial charge in [0.05, 0.1) is 6.61 Å². The third-order valence-electron chi connectivity index (χ3n) is 7.33. The highest BCUT2D eigenvalue weighted by molar-refractivity contribution is 5.87. The van der Waals surface area contributed by atoms with E-state index in [4.69, 9.17) is 18.6 Å². The molecule has 1 aliphatic rings. The van der Waals surface area contributed by atoms with Crippen molar-refractivity contribution in [2.24, 2.45) is 17.8 Å². The number of furan rings is 1. The summed E-state index contributed by atoms with van der Waals surface area (Å²) in [6.07, 6.45) is 1.06. The molecule has 5 N–H and O–H groups in total.